The molecule has 0 radical (unpaired) electrons. The Kier molecular flexibility index (Phi) is 6.00. The average molecular weight is 397 g/mol. The monoisotopic (exact) mass is 397 g/mol. The summed E-state index contributed by atoms with van der Waals surface area (Å²) < 4.78 is 4.14. The third-order valence-electron chi connectivity index (χ3n) is 5.08. The summed E-state index contributed by atoms with van der Waals surface area (Å²) in [6, 6.07) is 9.32. The third-order valence-corrected chi connectivity index (χ3v) is 5.08. The number of carbonyl (C=O) groups excluding carboxylic acids is 1. The van der Waals surface area contributed by atoms with Crippen molar-refractivity contribution in [3.05, 3.63) is 62.4 Å². The highest BCUT2D eigenvalue weighted by Crippen LogP contribution is 2.14. The molecule has 1 N–H and O–H groups in total. The van der Waals surface area contributed by atoms with Crippen LogP contribution in [-0.4, -0.2) is 30.9 Å². The normalized spacial score (nSPS) is 12.3. The van der Waals surface area contributed by atoms with E-state index >= 15 is 0 Å². The van der Waals surface area contributed by atoms with E-state index in [-0.39, 0.29) is 25.0 Å². The Hall–Kier alpha value is -3.16. The molecular weight excluding hydrogens is 370 g/mol. The van der Waals surface area contributed by atoms with E-state index in [1.165, 1.54) is 9.13 Å². The van der Waals surface area contributed by atoms with Gasteiger partial charge in [-0.15, -0.1) is 0 Å². The molecule has 29 heavy (non-hydrogen) atoms. The fourth-order valence-corrected chi connectivity index (χ4v) is 3.41. The molecule has 3 rings (SSSR count). The number of nitrogens with one attached hydrogen (secondary N) is 1. The zero-order valence-electron chi connectivity index (χ0n) is 17.3. The number of benzene rings is 1. The number of carbonyl (C=O) groups is 1. The standard InChI is InChI=1S/C21H27N5O3/c1-5-14(3)22-17(27)13-24-18-15(4)23-26(6-2)19(18)20(28)25(21(24)29)12-16-10-8-7-9-11-16/h7-11,14H,5-6,12-13H2,1-4H3,(H,22,27)/t14-/m0/s1. The Morgan fingerprint density at radius 1 is 1.10 bits per heavy atom. The molecule has 0 spiro atoms. The fraction of sp³-hybridized carbons (Fsp3) is 0.429. The smallest absolute Gasteiger partial charge is 0.332 e. The highest BCUT2D eigenvalue weighted by Gasteiger charge is 2.21. The molecule has 1 amide bonds. The van der Waals surface area contributed by atoms with Gasteiger partial charge in [-0.2, -0.15) is 5.10 Å². The zero-order chi connectivity index (χ0) is 21.1. The molecule has 1 atom stereocenters. The van der Waals surface area contributed by atoms with Gasteiger partial charge in [0.05, 0.1) is 12.2 Å². The van der Waals surface area contributed by atoms with Crippen LogP contribution in [0.5, 0.6) is 0 Å². The van der Waals surface area contributed by atoms with Gasteiger partial charge in [0.1, 0.15) is 12.1 Å². The first-order valence-corrected chi connectivity index (χ1v) is 9.91. The number of rotatable bonds is 7. The highest BCUT2D eigenvalue weighted by molar-refractivity contribution is 5.81. The minimum atomic E-state index is -0.510. The third kappa shape index (κ3) is 4.01. The van der Waals surface area contributed by atoms with Crippen LogP contribution in [0.25, 0.3) is 11.0 Å². The van der Waals surface area contributed by atoms with E-state index in [1.807, 2.05) is 51.1 Å². The van der Waals surface area contributed by atoms with Crippen LogP contribution in [0.1, 0.15) is 38.4 Å². The van der Waals surface area contributed by atoms with Gasteiger partial charge in [0.25, 0.3) is 5.56 Å². The molecular formula is C21H27N5O3. The first kappa shape index (κ1) is 20.6. The molecule has 0 aliphatic carbocycles. The van der Waals surface area contributed by atoms with Crippen LogP contribution in [0.15, 0.2) is 39.9 Å². The Morgan fingerprint density at radius 3 is 2.41 bits per heavy atom. The maximum Gasteiger partial charge on any atom is 0.332 e. The SMILES string of the molecule is CC[C@H](C)NC(=O)Cn1c(=O)n(Cc2ccccc2)c(=O)c2c1c(C)nn2CC. The van der Waals surface area contributed by atoms with Gasteiger partial charge in [0.2, 0.25) is 5.91 Å². The Bertz CT molecular complexity index is 1140. The number of hydrogen-bond acceptors (Lipinski definition) is 4. The molecule has 0 aliphatic rings. The predicted octanol–water partition coefficient (Wildman–Crippen LogP) is 1.65. The first-order valence-electron chi connectivity index (χ1n) is 9.91. The second-order valence-corrected chi connectivity index (χ2v) is 7.22. The number of aromatic nitrogens is 4. The molecule has 0 saturated heterocycles. The van der Waals surface area contributed by atoms with Gasteiger partial charge in [-0.25, -0.2) is 4.79 Å². The summed E-state index contributed by atoms with van der Waals surface area (Å²) in [5.74, 6) is -0.267. The van der Waals surface area contributed by atoms with Gasteiger partial charge < -0.3 is 5.32 Å². The van der Waals surface area contributed by atoms with Gasteiger partial charge in [-0.05, 0) is 32.8 Å². The molecule has 0 fully saturated rings. The lowest BCUT2D eigenvalue weighted by Gasteiger charge is -2.15. The Morgan fingerprint density at radius 2 is 1.79 bits per heavy atom. The van der Waals surface area contributed by atoms with Gasteiger partial charge in [-0.3, -0.25) is 23.4 Å². The van der Waals surface area contributed by atoms with Crippen molar-refractivity contribution in [3.8, 4) is 0 Å². The number of nitrogens with zero attached hydrogens (tertiary/aromatic N) is 4. The Labute approximate surface area is 168 Å². The largest absolute Gasteiger partial charge is 0.352 e. The van der Waals surface area contributed by atoms with Crippen molar-refractivity contribution < 1.29 is 4.79 Å². The average Bonchev–Trinajstić information content (AvgIpc) is 3.05. The summed E-state index contributed by atoms with van der Waals surface area (Å²) in [7, 11) is 0. The van der Waals surface area contributed by atoms with Crippen LogP contribution in [0, 0.1) is 6.92 Å². The molecule has 0 aliphatic heterocycles. The van der Waals surface area contributed by atoms with E-state index in [4.69, 9.17) is 0 Å². The van der Waals surface area contributed by atoms with E-state index in [0.717, 1.165) is 12.0 Å². The topological polar surface area (TPSA) is 90.9 Å². The van der Waals surface area contributed by atoms with Crippen LogP contribution >= 0.6 is 0 Å². The molecule has 2 aromatic heterocycles. The summed E-state index contributed by atoms with van der Waals surface area (Å²) >= 11 is 0. The van der Waals surface area contributed by atoms with E-state index in [1.54, 1.807) is 11.6 Å². The minimum Gasteiger partial charge on any atom is -0.352 e. The molecule has 3 aromatic rings. The minimum absolute atomic E-state index is 0.00313. The van der Waals surface area contributed by atoms with Crippen molar-refractivity contribution in [2.75, 3.05) is 0 Å². The van der Waals surface area contributed by atoms with Gasteiger partial charge in [-0.1, -0.05) is 37.3 Å². The van der Waals surface area contributed by atoms with E-state index in [2.05, 4.69) is 10.4 Å². The van der Waals surface area contributed by atoms with Crippen molar-refractivity contribution >= 4 is 16.9 Å². The maximum absolute atomic E-state index is 13.3. The van der Waals surface area contributed by atoms with Crippen LogP contribution < -0.4 is 16.6 Å². The van der Waals surface area contributed by atoms with Crippen molar-refractivity contribution in [2.45, 2.75) is 59.8 Å². The molecule has 0 saturated carbocycles. The van der Waals surface area contributed by atoms with Gasteiger partial charge >= 0.3 is 5.69 Å². The molecule has 1 aromatic carbocycles. The van der Waals surface area contributed by atoms with Crippen molar-refractivity contribution in [2.24, 2.45) is 0 Å². The van der Waals surface area contributed by atoms with Crippen LogP contribution in [0.3, 0.4) is 0 Å². The second-order valence-electron chi connectivity index (χ2n) is 7.22. The number of fused-ring (bicyclic) bond motifs is 1. The quantitative estimate of drug-likeness (QED) is 0.656. The molecule has 0 unspecified atom stereocenters. The summed E-state index contributed by atoms with van der Waals surface area (Å²) in [5.41, 5.74) is 1.25. The molecule has 8 nitrogen and oxygen atoms in total. The fourth-order valence-electron chi connectivity index (χ4n) is 3.41. The van der Waals surface area contributed by atoms with E-state index in [9.17, 15) is 14.4 Å². The first-order chi connectivity index (χ1) is 13.9. The predicted molar refractivity (Wildman–Crippen MR) is 112 cm³/mol. The summed E-state index contributed by atoms with van der Waals surface area (Å²) in [6.07, 6.45) is 0.788. The summed E-state index contributed by atoms with van der Waals surface area (Å²) in [6.45, 7) is 7.98. The summed E-state index contributed by atoms with van der Waals surface area (Å²) in [5, 5.41) is 7.30. The lowest BCUT2D eigenvalue weighted by Crippen LogP contribution is -2.44. The maximum atomic E-state index is 13.3. The van der Waals surface area contributed by atoms with Crippen molar-refractivity contribution in [1.29, 1.82) is 0 Å². The lowest BCUT2D eigenvalue weighted by molar-refractivity contribution is -0.122. The van der Waals surface area contributed by atoms with Crippen LogP contribution in [0.4, 0.5) is 0 Å². The van der Waals surface area contributed by atoms with Gasteiger partial charge in [0, 0.05) is 12.6 Å². The second kappa shape index (κ2) is 8.46. The highest BCUT2D eigenvalue weighted by atomic mass is 16.2. The van der Waals surface area contributed by atoms with Crippen LogP contribution in [-0.2, 0) is 24.4 Å². The number of aryl methyl sites for hydroxylation is 2. The van der Waals surface area contributed by atoms with Crippen molar-refractivity contribution in [3.63, 3.8) is 0 Å². The molecule has 154 valence electrons. The molecule has 0 bridgehead atoms. The van der Waals surface area contributed by atoms with Gasteiger partial charge in [0.15, 0.2) is 5.52 Å². The molecule has 8 heteroatoms. The van der Waals surface area contributed by atoms with Crippen molar-refractivity contribution in [1.82, 2.24) is 24.2 Å². The van der Waals surface area contributed by atoms with E-state index < -0.39 is 11.2 Å². The van der Waals surface area contributed by atoms with Crippen LogP contribution in [0.2, 0.25) is 0 Å². The number of hydrogen-bond donors (Lipinski definition) is 1. The zero-order valence-corrected chi connectivity index (χ0v) is 17.3. The van der Waals surface area contributed by atoms with E-state index in [0.29, 0.717) is 23.3 Å². The summed E-state index contributed by atoms with van der Waals surface area (Å²) in [4.78, 5) is 39.0. The Balaban J connectivity index is 2.20. The lowest BCUT2D eigenvalue weighted by atomic mass is 10.2. The molecule has 2 heterocycles. The number of amides is 1.